The lowest BCUT2D eigenvalue weighted by Crippen LogP contribution is -2.45. The molecule has 5 nitrogen and oxygen atoms in total. The summed E-state index contributed by atoms with van der Waals surface area (Å²) in [6, 6.07) is 18.1. The van der Waals surface area contributed by atoms with E-state index < -0.39 is 0 Å². The second kappa shape index (κ2) is 9.16. The Balaban J connectivity index is 1.31. The minimum atomic E-state index is -0.137. The predicted molar refractivity (Wildman–Crippen MR) is 119 cm³/mol. The Morgan fingerprint density at radius 3 is 2.73 bits per heavy atom. The molecular formula is C25H29N3O2. The normalized spacial score (nSPS) is 17.6. The highest BCUT2D eigenvalue weighted by Crippen LogP contribution is 2.22. The van der Waals surface area contributed by atoms with Crippen molar-refractivity contribution < 1.29 is 9.59 Å². The molecule has 2 heterocycles. The van der Waals surface area contributed by atoms with Crippen LogP contribution < -0.4 is 5.32 Å². The van der Waals surface area contributed by atoms with E-state index in [1.54, 1.807) is 0 Å². The van der Waals surface area contributed by atoms with Crippen molar-refractivity contribution in [1.29, 1.82) is 0 Å². The standard InChI is InChI=1S/C25H29N3O2/c1-18(19-8-3-2-4-9-19)27-25(30)21-10-7-15-28(17-21)24(29)14-13-20-16-26-23-12-6-5-11-22(20)23/h2-6,8-9,11-12,16,18,21,26H,7,10,13-15,17H2,1H3,(H,27,30)/t18-,21+/m1/s1. The molecule has 1 fully saturated rings. The van der Waals surface area contributed by atoms with Gasteiger partial charge in [-0.1, -0.05) is 48.5 Å². The van der Waals surface area contributed by atoms with Crippen molar-refractivity contribution in [2.75, 3.05) is 13.1 Å². The van der Waals surface area contributed by atoms with E-state index >= 15 is 0 Å². The number of rotatable bonds is 6. The number of hydrogen-bond donors (Lipinski definition) is 2. The van der Waals surface area contributed by atoms with Crippen LogP contribution in [0.1, 0.15) is 43.4 Å². The third kappa shape index (κ3) is 4.56. The van der Waals surface area contributed by atoms with Crippen molar-refractivity contribution >= 4 is 22.7 Å². The van der Waals surface area contributed by atoms with Crippen LogP contribution in [0.25, 0.3) is 10.9 Å². The Kier molecular flexibility index (Phi) is 6.17. The summed E-state index contributed by atoms with van der Waals surface area (Å²) in [5.41, 5.74) is 3.36. The van der Waals surface area contributed by atoms with Gasteiger partial charge in [0.2, 0.25) is 11.8 Å². The summed E-state index contributed by atoms with van der Waals surface area (Å²) in [4.78, 5) is 30.8. The smallest absolute Gasteiger partial charge is 0.225 e. The van der Waals surface area contributed by atoms with E-state index in [4.69, 9.17) is 0 Å². The first-order valence-corrected chi connectivity index (χ1v) is 10.8. The van der Waals surface area contributed by atoms with Crippen molar-refractivity contribution in [2.45, 2.75) is 38.6 Å². The lowest BCUT2D eigenvalue weighted by Gasteiger charge is -2.32. The average molecular weight is 404 g/mol. The summed E-state index contributed by atoms with van der Waals surface area (Å²) >= 11 is 0. The lowest BCUT2D eigenvalue weighted by molar-refractivity contribution is -0.135. The van der Waals surface area contributed by atoms with E-state index in [0.717, 1.165) is 30.5 Å². The van der Waals surface area contributed by atoms with Crippen LogP contribution in [0.5, 0.6) is 0 Å². The van der Waals surface area contributed by atoms with Gasteiger partial charge in [-0.2, -0.15) is 0 Å². The summed E-state index contributed by atoms with van der Waals surface area (Å²) in [6.45, 7) is 3.25. The highest BCUT2D eigenvalue weighted by molar-refractivity contribution is 5.85. The average Bonchev–Trinajstić information content (AvgIpc) is 3.21. The number of carbonyl (C=O) groups is 2. The lowest BCUT2D eigenvalue weighted by atomic mass is 9.95. The van der Waals surface area contributed by atoms with Crippen LogP contribution >= 0.6 is 0 Å². The maximum Gasteiger partial charge on any atom is 0.225 e. The van der Waals surface area contributed by atoms with Crippen LogP contribution in [0.4, 0.5) is 0 Å². The second-order valence-corrected chi connectivity index (χ2v) is 8.18. The van der Waals surface area contributed by atoms with Gasteiger partial charge >= 0.3 is 0 Å². The molecule has 5 heteroatoms. The summed E-state index contributed by atoms with van der Waals surface area (Å²) in [6.07, 6.45) is 4.88. The van der Waals surface area contributed by atoms with E-state index in [-0.39, 0.29) is 23.8 Å². The van der Waals surface area contributed by atoms with Crippen LogP contribution in [-0.4, -0.2) is 34.8 Å². The number of nitrogens with zero attached hydrogens (tertiary/aromatic N) is 1. The Morgan fingerprint density at radius 1 is 1.13 bits per heavy atom. The molecule has 0 radical (unpaired) electrons. The number of para-hydroxylation sites is 1. The first-order valence-electron chi connectivity index (χ1n) is 10.8. The first kappa shape index (κ1) is 20.2. The highest BCUT2D eigenvalue weighted by atomic mass is 16.2. The van der Waals surface area contributed by atoms with Gasteiger partial charge in [-0.15, -0.1) is 0 Å². The van der Waals surface area contributed by atoms with Crippen LogP contribution in [0.2, 0.25) is 0 Å². The molecule has 1 aliphatic heterocycles. The molecule has 2 aromatic carbocycles. The van der Waals surface area contributed by atoms with Gasteiger partial charge in [0.25, 0.3) is 0 Å². The van der Waals surface area contributed by atoms with Gasteiger partial charge in [-0.3, -0.25) is 9.59 Å². The molecular weight excluding hydrogens is 374 g/mol. The van der Waals surface area contributed by atoms with Gasteiger partial charge in [-0.25, -0.2) is 0 Å². The van der Waals surface area contributed by atoms with Crippen LogP contribution in [-0.2, 0) is 16.0 Å². The maximum atomic E-state index is 12.8. The molecule has 0 saturated carbocycles. The summed E-state index contributed by atoms with van der Waals surface area (Å²) in [7, 11) is 0. The zero-order chi connectivity index (χ0) is 20.9. The fourth-order valence-corrected chi connectivity index (χ4v) is 4.31. The number of amides is 2. The molecule has 2 N–H and O–H groups in total. The van der Waals surface area contributed by atoms with Gasteiger partial charge in [-0.05, 0) is 43.4 Å². The number of H-pyrrole nitrogens is 1. The number of nitrogens with one attached hydrogen (secondary N) is 2. The van der Waals surface area contributed by atoms with E-state index in [1.807, 2.05) is 66.6 Å². The number of aromatic nitrogens is 1. The monoisotopic (exact) mass is 403 g/mol. The number of piperidine rings is 1. The third-order valence-corrected chi connectivity index (χ3v) is 6.09. The number of aryl methyl sites for hydroxylation is 1. The van der Waals surface area contributed by atoms with Crippen molar-refractivity contribution in [3.05, 3.63) is 71.9 Å². The molecule has 1 aliphatic rings. The number of hydrogen-bond acceptors (Lipinski definition) is 2. The van der Waals surface area contributed by atoms with Crippen molar-refractivity contribution in [3.8, 4) is 0 Å². The van der Waals surface area contributed by atoms with Crippen molar-refractivity contribution in [3.63, 3.8) is 0 Å². The van der Waals surface area contributed by atoms with Gasteiger partial charge in [0, 0.05) is 36.6 Å². The number of benzene rings is 2. The van der Waals surface area contributed by atoms with Gasteiger partial charge in [0.1, 0.15) is 0 Å². The molecule has 3 aromatic rings. The van der Waals surface area contributed by atoms with Gasteiger partial charge in [0.15, 0.2) is 0 Å². The predicted octanol–water partition coefficient (Wildman–Crippen LogP) is 4.22. The molecule has 1 saturated heterocycles. The largest absolute Gasteiger partial charge is 0.361 e. The fourth-order valence-electron chi connectivity index (χ4n) is 4.31. The summed E-state index contributed by atoms with van der Waals surface area (Å²) in [5.74, 6) is 0.0383. The molecule has 156 valence electrons. The van der Waals surface area contributed by atoms with E-state index in [2.05, 4.69) is 16.4 Å². The molecule has 0 bridgehead atoms. The Hall–Kier alpha value is -3.08. The number of carbonyl (C=O) groups excluding carboxylic acids is 2. The number of fused-ring (bicyclic) bond motifs is 1. The fraction of sp³-hybridized carbons (Fsp3) is 0.360. The first-order chi connectivity index (χ1) is 14.6. The quantitative estimate of drug-likeness (QED) is 0.647. The van der Waals surface area contributed by atoms with Gasteiger partial charge in [0.05, 0.1) is 12.0 Å². The topological polar surface area (TPSA) is 65.2 Å². The molecule has 1 aromatic heterocycles. The number of aromatic amines is 1. The molecule has 0 aliphatic carbocycles. The van der Waals surface area contributed by atoms with Gasteiger partial charge < -0.3 is 15.2 Å². The zero-order valence-corrected chi connectivity index (χ0v) is 17.4. The number of likely N-dealkylation sites (tertiary alicyclic amines) is 1. The summed E-state index contributed by atoms with van der Waals surface area (Å²) < 4.78 is 0. The van der Waals surface area contributed by atoms with Crippen LogP contribution in [0.3, 0.4) is 0 Å². The molecule has 2 atom stereocenters. The molecule has 2 amide bonds. The minimum absolute atomic E-state index is 0.0355. The Labute approximate surface area is 177 Å². The van der Waals surface area contributed by atoms with E-state index in [0.29, 0.717) is 19.4 Å². The van der Waals surface area contributed by atoms with Crippen LogP contribution in [0.15, 0.2) is 60.8 Å². The Morgan fingerprint density at radius 2 is 1.90 bits per heavy atom. The minimum Gasteiger partial charge on any atom is -0.361 e. The van der Waals surface area contributed by atoms with Crippen molar-refractivity contribution in [2.24, 2.45) is 5.92 Å². The third-order valence-electron chi connectivity index (χ3n) is 6.09. The Bertz CT molecular complexity index is 1010. The van der Waals surface area contributed by atoms with Crippen LogP contribution in [0, 0.1) is 5.92 Å². The summed E-state index contributed by atoms with van der Waals surface area (Å²) in [5, 5.41) is 4.30. The second-order valence-electron chi connectivity index (χ2n) is 8.18. The molecule has 0 unspecified atom stereocenters. The SMILES string of the molecule is C[C@@H](NC(=O)[C@H]1CCCN(C(=O)CCc2c[nH]c3ccccc23)C1)c1ccccc1. The van der Waals surface area contributed by atoms with E-state index in [1.165, 1.54) is 10.9 Å². The highest BCUT2D eigenvalue weighted by Gasteiger charge is 2.29. The molecule has 0 spiro atoms. The van der Waals surface area contributed by atoms with E-state index in [9.17, 15) is 9.59 Å². The zero-order valence-electron chi connectivity index (χ0n) is 17.4. The molecule has 30 heavy (non-hydrogen) atoms. The maximum absolute atomic E-state index is 12.8. The molecule has 4 rings (SSSR count). The van der Waals surface area contributed by atoms with Crippen molar-refractivity contribution in [1.82, 2.24) is 15.2 Å².